The van der Waals surface area contributed by atoms with E-state index in [1.165, 1.54) is 19.2 Å². The molecule has 0 spiro atoms. The largest absolute Gasteiger partial charge is 0.465 e. The van der Waals surface area contributed by atoms with Crippen molar-refractivity contribution in [3.63, 3.8) is 0 Å². The molecule has 0 fully saturated rings. The average Bonchev–Trinajstić information content (AvgIpc) is 2.38. The molecule has 1 aromatic rings. The van der Waals surface area contributed by atoms with E-state index in [0.717, 1.165) is 6.07 Å². The highest BCUT2D eigenvalue weighted by atomic mass is 19.1. The fourth-order valence-corrected chi connectivity index (χ4v) is 1.36. The molecule has 0 radical (unpaired) electrons. The monoisotopic (exact) mass is 268 g/mol. The second-order valence-electron chi connectivity index (χ2n) is 4.27. The molecule has 1 rings (SSSR count). The first-order chi connectivity index (χ1) is 8.93. The Morgan fingerprint density at radius 3 is 2.63 bits per heavy atom. The standard InChI is InChI=1S/C13H17FN2O3/c1-8(2)15-7-12(17)16-11-6-9(13(18)19-3)4-5-10(11)14/h4-6,8,15H,7H2,1-3H3,(H,16,17). The quantitative estimate of drug-likeness (QED) is 0.795. The van der Waals surface area contributed by atoms with E-state index in [9.17, 15) is 14.0 Å². The van der Waals surface area contributed by atoms with Gasteiger partial charge in [0.25, 0.3) is 0 Å². The highest BCUT2D eigenvalue weighted by molar-refractivity contribution is 5.95. The molecule has 1 aromatic carbocycles. The smallest absolute Gasteiger partial charge is 0.337 e. The zero-order valence-electron chi connectivity index (χ0n) is 11.1. The van der Waals surface area contributed by atoms with Crippen LogP contribution in [-0.4, -0.2) is 31.6 Å². The number of benzene rings is 1. The highest BCUT2D eigenvalue weighted by Crippen LogP contribution is 2.16. The van der Waals surface area contributed by atoms with E-state index in [-0.39, 0.29) is 29.7 Å². The van der Waals surface area contributed by atoms with Crippen molar-refractivity contribution in [2.24, 2.45) is 0 Å². The maximum atomic E-state index is 13.5. The van der Waals surface area contributed by atoms with Crippen molar-refractivity contribution in [2.45, 2.75) is 19.9 Å². The average molecular weight is 268 g/mol. The Hall–Kier alpha value is -1.95. The molecule has 0 bridgehead atoms. The summed E-state index contributed by atoms with van der Waals surface area (Å²) < 4.78 is 18.0. The Balaban J connectivity index is 2.77. The van der Waals surface area contributed by atoms with Crippen LogP contribution in [0.3, 0.4) is 0 Å². The number of anilines is 1. The maximum absolute atomic E-state index is 13.5. The van der Waals surface area contributed by atoms with Gasteiger partial charge in [0, 0.05) is 6.04 Å². The van der Waals surface area contributed by atoms with Gasteiger partial charge in [0.15, 0.2) is 0 Å². The number of amides is 1. The minimum Gasteiger partial charge on any atom is -0.465 e. The molecule has 6 heteroatoms. The summed E-state index contributed by atoms with van der Waals surface area (Å²) in [4.78, 5) is 22.9. The minimum atomic E-state index is -0.606. The van der Waals surface area contributed by atoms with Crippen molar-refractivity contribution in [3.05, 3.63) is 29.6 Å². The first-order valence-electron chi connectivity index (χ1n) is 5.85. The first-order valence-corrected chi connectivity index (χ1v) is 5.85. The van der Waals surface area contributed by atoms with E-state index in [0.29, 0.717) is 0 Å². The molecular weight excluding hydrogens is 251 g/mol. The molecule has 2 N–H and O–H groups in total. The summed E-state index contributed by atoms with van der Waals surface area (Å²) in [6.45, 7) is 3.86. The molecule has 0 atom stereocenters. The molecule has 0 saturated carbocycles. The molecule has 0 aliphatic carbocycles. The maximum Gasteiger partial charge on any atom is 0.337 e. The van der Waals surface area contributed by atoms with Crippen LogP contribution < -0.4 is 10.6 Å². The summed E-state index contributed by atoms with van der Waals surface area (Å²) in [5.41, 5.74) is 0.134. The van der Waals surface area contributed by atoms with Crippen LogP contribution in [0.25, 0.3) is 0 Å². The highest BCUT2D eigenvalue weighted by Gasteiger charge is 2.12. The predicted octanol–water partition coefficient (Wildman–Crippen LogP) is 1.55. The third kappa shape index (κ3) is 4.67. The summed E-state index contributed by atoms with van der Waals surface area (Å²) in [5, 5.41) is 5.31. The Labute approximate surface area is 111 Å². The van der Waals surface area contributed by atoms with E-state index in [2.05, 4.69) is 15.4 Å². The van der Waals surface area contributed by atoms with E-state index < -0.39 is 11.8 Å². The fourth-order valence-electron chi connectivity index (χ4n) is 1.36. The Morgan fingerprint density at radius 2 is 2.05 bits per heavy atom. The number of hydrogen-bond donors (Lipinski definition) is 2. The SMILES string of the molecule is COC(=O)c1ccc(F)c(NC(=O)CNC(C)C)c1. The van der Waals surface area contributed by atoms with Gasteiger partial charge in [0.1, 0.15) is 5.82 Å². The summed E-state index contributed by atoms with van der Waals surface area (Å²) in [5.74, 6) is -1.57. The van der Waals surface area contributed by atoms with Gasteiger partial charge >= 0.3 is 5.97 Å². The number of rotatable bonds is 5. The van der Waals surface area contributed by atoms with Gasteiger partial charge in [-0.3, -0.25) is 4.79 Å². The van der Waals surface area contributed by atoms with Crippen LogP contribution in [-0.2, 0) is 9.53 Å². The van der Waals surface area contributed by atoms with E-state index >= 15 is 0 Å². The van der Waals surface area contributed by atoms with E-state index in [1.54, 1.807) is 0 Å². The number of hydrogen-bond acceptors (Lipinski definition) is 4. The van der Waals surface area contributed by atoms with Crippen molar-refractivity contribution in [1.29, 1.82) is 0 Å². The number of methoxy groups -OCH3 is 1. The van der Waals surface area contributed by atoms with Crippen LogP contribution >= 0.6 is 0 Å². The number of ether oxygens (including phenoxy) is 1. The van der Waals surface area contributed by atoms with Crippen molar-refractivity contribution in [2.75, 3.05) is 19.0 Å². The van der Waals surface area contributed by atoms with Crippen LogP contribution in [0.2, 0.25) is 0 Å². The normalized spacial score (nSPS) is 10.4. The molecule has 104 valence electrons. The molecule has 0 heterocycles. The van der Waals surface area contributed by atoms with Gasteiger partial charge in [-0.15, -0.1) is 0 Å². The topological polar surface area (TPSA) is 67.4 Å². The molecule has 0 saturated heterocycles. The number of halogens is 1. The second-order valence-corrected chi connectivity index (χ2v) is 4.27. The van der Waals surface area contributed by atoms with Crippen LogP contribution in [0.4, 0.5) is 10.1 Å². The number of carbonyl (C=O) groups is 2. The minimum absolute atomic E-state index is 0.0431. The molecule has 0 unspecified atom stereocenters. The van der Waals surface area contributed by atoms with Crippen molar-refractivity contribution in [1.82, 2.24) is 5.32 Å². The Bertz CT molecular complexity index is 475. The van der Waals surface area contributed by atoms with E-state index in [1.807, 2.05) is 13.8 Å². The third-order valence-corrected chi connectivity index (χ3v) is 2.33. The van der Waals surface area contributed by atoms with Gasteiger partial charge in [0.2, 0.25) is 5.91 Å². The van der Waals surface area contributed by atoms with E-state index in [4.69, 9.17) is 0 Å². The third-order valence-electron chi connectivity index (χ3n) is 2.33. The molecule has 0 aliphatic rings. The van der Waals surface area contributed by atoms with Crippen LogP contribution in [0.5, 0.6) is 0 Å². The summed E-state index contributed by atoms with van der Waals surface area (Å²) >= 11 is 0. The van der Waals surface area contributed by atoms with Crippen molar-refractivity contribution < 1.29 is 18.7 Å². The van der Waals surface area contributed by atoms with Gasteiger partial charge < -0.3 is 15.4 Å². The lowest BCUT2D eigenvalue weighted by Gasteiger charge is -2.10. The van der Waals surface area contributed by atoms with Gasteiger partial charge in [-0.05, 0) is 18.2 Å². The van der Waals surface area contributed by atoms with Gasteiger partial charge in [-0.1, -0.05) is 13.8 Å². The molecule has 0 aliphatic heterocycles. The lowest BCUT2D eigenvalue weighted by atomic mass is 10.2. The van der Waals surface area contributed by atoms with Gasteiger partial charge in [-0.25, -0.2) is 9.18 Å². The van der Waals surface area contributed by atoms with Crippen molar-refractivity contribution in [3.8, 4) is 0 Å². The molecule has 5 nitrogen and oxygen atoms in total. The van der Waals surface area contributed by atoms with Crippen LogP contribution in [0, 0.1) is 5.82 Å². The Morgan fingerprint density at radius 1 is 1.37 bits per heavy atom. The van der Waals surface area contributed by atoms with Gasteiger partial charge in [-0.2, -0.15) is 0 Å². The second kappa shape index (κ2) is 6.84. The summed E-state index contributed by atoms with van der Waals surface area (Å²) in [7, 11) is 1.23. The zero-order valence-corrected chi connectivity index (χ0v) is 11.1. The lowest BCUT2D eigenvalue weighted by Crippen LogP contribution is -2.32. The van der Waals surface area contributed by atoms with Gasteiger partial charge in [0.05, 0.1) is 24.9 Å². The Kier molecular flexibility index (Phi) is 5.44. The molecule has 1 amide bonds. The predicted molar refractivity (Wildman–Crippen MR) is 69.5 cm³/mol. The fraction of sp³-hybridized carbons (Fsp3) is 0.385. The number of esters is 1. The van der Waals surface area contributed by atoms with Crippen molar-refractivity contribution >= 4 is 17.6 Å². The number of carbonyl (C=O) groups excluding carboxylic acids is 2. The molecule has 19 heavy (non-hydrogen) atoms. The van der Waals surface area contributed by atoms with Crippen LogP contribution in [0.1, 0.15) is 24.2 Å². The first kappa shape index (κ1) is 15.1. The molecular formula is C13H17FN2O3. The number of nitrogens with one attached hydrogen (secondary N) is 2. The summed E-state index contributed by atoms with van der Waals surface area (Å²) in [6, 6.07) is 3.80. The van der Waals surface area contributed by atoms with Crippen LogP contribution in [0.15, 0.2) is 18.2 Å². The summed E-state index contributed by atoms with van der Waals surface area (Å²) in [6.07, 6.45) is 0. The lowest BCUT2D eigenvalue weighted by molar-refractivity contribution is -0.115. The molecule has 0 aromatic heterocycles. The zero-order chi connectivity index (χ0) is 14.4.